The summed E-state index contributed by atoms with van der Waals surface area (Å²) in [5.74, 6) is 0.253. The molecule has 0 unspecified atom stereocenters. The number of sulfone groups is 1. The molecule has 198 valence electrons. The van der Waals surface area contributed by atoms with Crippen LogP contribution in [0, 0.1) is 5.41 Å². The van der Waals surface area contributed by atoms with Crippen molar-refractivity contribution in [1.29, 1.82) is 0 Å². The fourth-order valence-electron chi connectivity index (χ4n) is 4.92. The van der Waals surface area contributed by atoms with Gasteiger partial charge in [0.1, 0.15) is 19.0 Å². The third-order valence-electron chi connectivity index (χ3n) is 6.70. The van der Waals surface area contributed by atoms with Gasteiger partial charge >= 0.3 is 5.97 Å². The molecule has 1 aliphatic heterocycles. The molecule has 0 bridgehead atoms. The molecule has 2 aromatic rings. The maximum Gasteiger partial charge on any atom is 0.302 e. The molecule has 36 heavy (non-hydrogen) atoms. The second kappa shape index (κ2) is 12.9. The Kier molecular flexibility index (Phi) is 10.1. The monoisotopic (exact) mass is 533 g/mol. The molecule has 3 rings (SSSR count). The molecule has 0 N–H and O–H groups in total. The largest absolute Gasteiger partial charge is 0.489 e. The van der Waals surface area contributed by atoms with Crippen LogP contribution in [0.5, 0.6) is 5.75 Å². The Balaban J connectivity index is 2.14. The Labute approximate surface area is 220 Å². The number of para-hydroxylation sites is 1. The van der Waals surface area contributed by atoms with Crippen molar-refractivity contribution in [2.75, 3.05) is 36.7 Å². The van der Waals surface area contributed by atoms with Gasteiger partial charge in [-0.2, -0.15) is 0 Å². The number of unbranched alkanes of at least 4 members (excludes halogenated alkanes) is 2. The van der Waals surface area contributed by atoms with Crippen LogP contribution < -0.4 is 9.64 Å². The first-order chi connectivity index (χ1) is 17.2. The lowest BCUT2D eigenvalue weighted by Crippen LogP contribution is -2.38. The molecular weight excluding hydrogens is 494 g/mol. The molecule has 0 fully saturated rings. The fraction of sp³-hybridized carbons (Fsp3) is 0.536. The summed E-state index contributed by atoms with van der Waals surface area (Å²) in [5, 5.41) is 0. The van der Waals surface area contributed by atoms with Crippen molar-refractivity contribution in [2.45, 2.75) is 69.1 Å². The van der Waals surface area contributed by atoms with Crippen LogP contribution >= 0.6 is 11.8 Å². The van der Waals surface area contributed by atoms with Gasteiger partial charge in [-0.05, 0) is 37.3 Å². The summed E-state index contributed by atoms with van der Waals surface area (Å²) < 4.78 is 39.0. The SMILES string of the molecule is CCCCC1(CCCC)CN(c2ccccc2)c2cc(SC)c(OCCOC(C)=O)cc2S(=O)(=O)C1. The minimum atomic E-state index is -3.60. The summed E-state index contributed by atoms with van der Waals surface area (Å²) in [7, 11) is -3.60. The average molecular weight is 534 g/mol. The molecule has 0 saturated heterocycles. The highest BCUT2D eigenvalue weighted by Gasteiger charge is 2.42. The summed E-state index contributed by atoms with van der Waals surface area (Å²) in [4.78, 5) is 14.5. The molecule has 0 aliphatic carbocycles. The van der Waals surface area contributed by atoms with Crippen LogP contribution in [0.3, 0.4) is 0 Å². The highest BCUT2D eigenvalue weighted by Crippen LogP contribution is 2.47. The molecule has 1 aliphatic rings. The molecule has 0 radical (unpaired) electrons. The maximum atomic E-state index is 14.0. The quantitative estimate of drug-likeness (QED) is 0.172. The van der Waals surface area contributed by atoms with Crippen LogP contribution in [0.4, 0.5) is 11.4 Å². The van der Waals surface area contributed by atoms with E-state index in [4.69, 9.17) is 9.47 Å². The molecule has 0 amide bonds. The van der Waals surface area contributed by atoms with Crippen molar-refractivity contribution in [2.24, 2.45) is 5.41 Å². The van der Waals surface area contributed by atoms with Crippen LogP contribution in [0.1, 0.15) is 59.3 Å². The van der Waals surface area contributed by atoms with Gasteiger partial charge in [-0.3, -0.25) is 4.79 Å². The number of esters is 1. The van der Waals surface area contributed by atoms with Gasteiger partial charge in [0.05, 0.1) is 21.2 Å². The van der Waals surface area contributed by atoms with Crippen LogP contribution in [-0.2, 0) is 19.4 Å². The van der Waals surface area contributed by atoms with E-state index >= 15 is 0 Å². The molecule has 2 aromatic carbocycles. The Hall–Kier alpha value is -2.19. The van der Waals surface area contributed by atoms with E-state index < -0.39 is 9.84 Å². The van der Waals surface area contributed by atoms with E-state index in [9.17, 15) is 13.2 Å². The molecule has 0 atom stereocenters. The first kappa shape index (κ1) is 28.4. The van der Waals surface area contributed by atoms with Crippen molar-refractivity contribution in [3.05, 3.63) is 42.5 Å². The predicted octanol–water partition coefficient (Wildman–Crippen LogP) is 6.64. The molecule has 0 aromatic heterocycles. The standard InChI is InChI=1S/C28H39NO5S2/c1-5-7-14-28(15-8-6-2)20-29(23-12-10-9-11-13-23)24-18-26(35-4)25(34-17-16-33-22(3)30)19-27(24)36(31,32)21-28/h9-13,18-19H,5-8,14-17,20-21H2,1-4H3. The number of benzene rings is 2. The van der Waals surface area contributed by atoms with Crippen LogP contribution in [0.25, 0.3) is 0 Å². The van der Waals surface area contributed by atoms with Crippen LogP contribution in [-0.4, -0.2) is 46.2 Å². The lowest BCUT2D eigenvalue weighted by atomic mass is 9.79. The van der Waals surface area contributed by atoms with E-state index in [0.29, 0.717) is 22.9 Å². The highest BCUT2D eigenvalue weighted by atomic mass is 32.2. The molecule has 8 heteroatoms. The van der Waals surface area contributed by atoms with E-state index in [0.717, 1.165) is 49.1 Å². The zero-order valence-corrected chi connectivity index (χ0v) is 23.6. The van der Waals surface area contributed by atoms with Gasteiger partial charge in [0.15, 0.2) is 9.84 Å². The number of carbonyl (C=O) groups excluding carboxylic acids is 1. The van der Waals surface area contributed by atoms with E-state index in [1.807, 2.05) is 42.7 Å². The summed E-state index contributed by atoms with van der Waals surface area (Å²) >= 11 is 1.51. The average Bonchev–Trinajstić information content (AvgIpc) is 2.96. The van der Waals surface area contributed by atoms with E-state index in [2.05, 4.69) is 18.7 Å². The topological polar surface area (TPSA) is 72.9 Å². The van der Waals surface area contributed by atoms with Crippen molar-refractivity contribution >= 4 is 38.9 Å². The minimum absolute atomic E-state index is 0.111. The zero-order chi connectivity index (χ0) is 26.2. The van der Waals surface area contributed by atoms with E-state index in [1.165, 1.54) is 18.7 Å². The second-order valence-electron chi connectivity index (χ2n) is 9.55. The number of nitrogens with zero attached hydrogens (tertiary/aromatic N) is 1. The Morgan fingerprint density at radius 2 is 1.72 bits per heavy atom. The van der Waals surface area contributed by atoms with Crippen molar-refractivity contribution < 1.29 is 22.7 Å². The van der Waals surface area contributed by atoms with Crippen LogP contribution in [0.2, 0.25) is 0 Å². The molecule has 1 heterocycles. The van der Waals surface area contributed by atoms with Crippen molar-refractivity contribution in [1.82, 2.24) is 0 Å². The van der Waals surface area contributed by atoms with Crippen molar-refractivity contribution in [3.8, 4) is 5.75 Å². The third-order valence-corrected chi connectivity index (χ3v) is 9.44. The smallest absolute Gasteiger partial charge is 0.302 e. The summed E-state index contributed by atoms with van der Waals surface area (Å²) in [6, 6.07) is 13.7. The number of fused-ring (bicyclic) bond motifs is 1. The van der Waals surface area contributed by atoms with Gasteiger partial charge in [0.2, 0.25) is 0 Å². The Morgan fingerprint density at radius 3 is 2.31 bits per heavy atom. The molecule has 6 nitrogen and oxygen atoms in total. The second-order valence-corrected chi connectivity index (χ2v) is 12.4. The first-order valence-corrected chi connectivity index (χ1v) is 15.7. The number of thioether (sulfide) groups is 1. The van der Waals surface area contributed by atoms with Crippen molar-refractivity contribution in [3.63, 3.8) is 0 Å². The van der Waals surface area contributed by atoms with E-state index in [-0.39, 0.29) is 30.4 Å². The van der Waals surface area contributed by atoms with Gasteiger partial charge in [0, 0.05) is 30.6 Å². The minimum Gasteiger partial charge on any atom is -0.489 e. The lowest BCUT2D eigenvalue weighted by Gasteiger charge is -2.37. The molecule has 0 saturated carbocycles. The Morgan fingerprint density at radius 1 is 1.06 bits per heavy atom. The highest BCUT2D eigenvalue weighted by molar-refractivity contribution is 7.98. The normalized spacial score (nSPS) is 16.2. The van der Waals surface area contributed by atoms with Gasteiger partial charge < -0.3 is 14.4 Å². The van der Waals surface area contributed by atoms with Gasteiger partial charge in [-0.15, -0.1) is 11.8 Å². The predicted molar refractivity (Wildman–Crippen MR) is 147 cm³/mol. The van der Waals surface area contributed by atoms with Gasteiger partial charge in [-0.1, -0.05) is 57.7 Å². The fourth-order valence-corrected chi connectivity index (χ4v) is 7.58. The zero-order valence-electron chi connectivity index (χ0n) is 21.9. The lowest BCUT2D eigenvalue weighted by molar-refractivity contribution is -0.141. The molecular formula is C28H39NO5S2. The number of hydrogen-bond acceptors (Lipinski definition) is 7. The number of ether oxygens (including phenoxy) is 2. The van der Waals surface area contributed by atoms with Gasteiger partial charge in [-0.25, -0.2) is 8.42 Å². The van der Waals surface area contributed by atoms with Gasteiger partial charge in [0.25, 0.3) is 0 Å². The van der Waals surface area contributed by atoms with Crippen LogP contribution in [0.15, 0.2) is 52.3 Å². The number of rotatable bonds is 12. The summed E-state index contributed by atoms with van der Waals surface area (Å²) in [6.45, 7) is 6.60. The summed E-state index contributed by atoms with van der Waals surface area (Å²) in [6.07, 6.45) is 7.76. The number of carbonyl (C=O) groups is 1. The number of anilines is 2. The first-order valence-electron chi connectivity index (χ1n) is 12.8. The maximum absolute atomic E-state index is 14.0. The molecule has 0 spiro atoms. The van der Waals surface area contributed by atoms with E-state index in [1.54, 1.807) is 6.07 Å². The summed E-state index contributed by atoms with van der Waals surface area (Å²) in [5.41, 5.74) is 1.35. The number of hydrogen-bond donors (Lipinski definition) is 0. The Bertz CT molecular complexity index is 1110. The third kappa shape index (κ3) is 6.97.